The van der Waals surface area contributed by atoms with Crippen LogP contribution in [0.5, 0.6) is 5.75 Å². The molecule has 26 heavy (non-hydrogen) atoms. The van der Waals surface area contributed by atoms with Crippen LogP contribution in [0.25, 0.3) is 0 Å². The van der Waals surface area contributed by atoms with Gasteiger partial charge in [-0.2, -0.15) is 4.31 Å². The van der Waals surface area contributed by atoms with Crippen LogP contribution in [-0.2, 0) is 35.5 Å². The van der Waals surface area contributed by atoms with Gasteiger partial charge in [-0.25, -0.2) is 8.42 Å². The summed E-state index contributed by atoms with van der Waals surface area (Å²) < 4.78 is 42.3. The van der Waals surface area contributed by atoms with Crippen LogP contribution >= 0.6 is 0 Å². The number of rotatable bonds is 7. The zero-order chi connectivity index (χ0) is 19.2. The summed E-state index contributed by atoms with van der Waals surface area (Å²) in [6.45, 7) is 0.776. The van der Waals surface area contributed by atoms with Crippen LogP contribution in [0.15, 0.2) is 23.1 Å². The van der Waals surface area contributed by atoms with Gasteiger partial charge >= 0.3 is 5.97 Å². The number of nitrogens with zero attached hydrogens (tertiary/aromatic N) is 1. The maximum atomic E-state index is 12.9. The van der Waals surface area contributed by atoms with Crippen molar-refractivity contribution < 1.29 is 32.2 Å². The highest BCUT2D eigenvalue weighted by Crippen LogP contribution is 2.28. The molecule has 1 saturated heterocycles. The van der Waals surface area contributed by atoms with Gasteiger partial charge in [0.05, 0.1) is 26.7 Å². The molecule has 0 saturated carbocycles. The highest BCUT2D eigenvalue weighted by atomic mass is 32.2. The van der Waals surface area contributed by atoms with E-state index in [0.717, 1.165) is 0 Å². The Labute approximate surface area is 152 Å². The summed E-state index contributed by atoms with van der Waals surface area (Å²) in [7, 11) is -0.968. The molecule has 0 aromatic heterocycles. The van der Waals surface area contributed by atoms with Gasteiger partial charge in [0, 0.05) is 20.1 Å². The first-order chi connectivity index (χ1) is 12.4. The minimum absolute atomic E-state index is 0.0153. The Balaban J connectivity index is 2.19. The third kappa shape index (κ3) is 4.93. The number of methoxy groups -OCH3 is 1. The predicted octanol–water partition coefficient (Wildman–Crippen LogP) is -0.452. The quantitative estimate of drug-likeness (QED) is 0.632. The third-order valence-electron chi connectivity index (χ3n) is 3.81. The Hall–Kier alpha value is -2.17. The van der Waals surface area contributed by atoms with Crippen LogP contribution in [0.1, 0.15) is 5.56 Å². The third-order valence-corrected chi connectivity index (χ3v) is 5.73. The zero-order valence-electron chi connectivity index (χ0n) is 14.7. The Kier molecular flexibility index (Phi) is 6.95. The molecule has 1 fully saturated rings. The van der Waals surface area contributed by atoms with Crippen LogP contribution in [0.3, 0.4) is 0 Å². The van der Waals surface area contributed by atoms with E-state index >= 15 is 0 Å². The normalized spacial score (nSPS) is 15.3. The second kappa shape index (κ2) is 8.97. The molecule has 1 N–H and O–H groups in total. The van der Waals surface area contributed by atoms with E-state index in [1.54, 1.807) is 6.07 Å². The van der Waals surface area contributed by atoms with E-state index in [1.165, 1.54) is 30.6 Å². The number of benzene rings is 1. The van der Waals surface area contributed by atoms with Gasteiger partial charge < -0.3 is 19.5 Å². The molecule has 1 aromatic carbocycles. The highest BCUT2D eigenvalue weighted by Gasteiger charge is 2.29. The Morgan fingerprint density at radius 2 is 1.96 bits per heavy atom. The number of nitrogens with one attached hydrogen (secondary N) is 1. The van der Waals surface area contributed by atoms with Crippen molar-refractivity contribution in [2.24, 2.45) is 0 Å². The SMILES string of the molecule is CNC(=O)COC(=O)Cc1ccc(OC)c(S(=O)(=O)N2CCOCC2)c1. The van der Waals surface area contributed by atoms with Crippen molar-refractivity contribution in [3.05, 3.63) is 23.8 Å². The average molecular weight is 386 g/mol. The highest BCUT2D eigenvalue weighted by molar-refractivity contribution is 7.89. The largest absolute Gasteiger partial charge is 0.495 e. The van der Waals surface area contributed by atoms with Crippen LogP contribution in [0.4, 0.5) is 0 Å². The molecule has 0 atom stereocenters. The number of likely N-dealkylation sites (N-methyl/N-ethyl adjacent to an activating group) is 1. The lowest BCUT2D eigenvalue weighted by Gasteiger charge is -2.26. The summed E-state index contributed by atoms with van der Waals surface area (Å²) >= 11 is 0. The fraction of sp³-hybridized carbons (Fsp3) is 0.500. The average Bonchev–Trinajstić information content (AvgIpc) is 2.66. The minimum atomic E-state index is -3.78. The summed E-state index contributed by atoms with van der Waals surface area (Å²) in [5.74, 6) is -0.865. The molecule has 144 valence electrons. The first kappa shape index (κ1) is 20.1. The molecule has 9 nitrogen and oxygen atoms in total. The molecule has 1 aliphatic heterocycles. The van der Waals surface area contributed by atoms with Crippen molar-refractivity contribution in [1.82, 2.24) is 9.62 Å². The van der Waals surface area contributed by atoms with Gasteiger partial charge in [-0.05, 0) is 17.7 Å². The van der Waals surface area contributed by atoms with Gasteiger partial charge in [0.25, 0.3) is 5.91 Å². The van der Waals surface area contributed by atoms with Gasteiger partial charge in [-0.15, -0.1) is 0 Å². The monoisotopic (exact) mass is 386 g/mol. The van der Waals surface area contributed by atoms with E-state index in [-0.39, 0.29) is 36.8 Å². The standard InChI is InChI=1S/C16H22N2O7S/c1-17-15(19)11-25-16(20)10-12-3-4-13(23-2)14(9-12)26(21,22)18-5-7-24-8-6-18/h3-4,9H,5-8,10-11H2,1-2H3,(H,17,19). The van der Waals surface area contributed by atoms with Crippen molar-refractivity contribution in [2.45, 2.75) is 11.3 Å². The number of esters is 1. The molecule has 1 aromatic rings. The molecule has 1 amide bonds. The fourth-order valence-electron chi connectivity index (χ4n) is 2.39. The van der Waals surface area contributed by atoms with Crippen molar-refractivity contribution in [2.75, 3.05) is 47.1 Å². The Morgan fingerprint density at radius 3 is 2.58 bits per heavy atom. The number of morpholine rings is 1. The molecule has 1 aliphatic rings. The lowest BCUT2D eigenvalue weighted by atomic mass is 10.1. The van der Waals surface area contributed by atoms with Gasteiger partial charge in [0.2, 0.25) is 10.0 Å². The van der Waals surface area contributed by atoms with Gasteiger partial charge in [-0.1, -0.05) is 6.07 Å². The van der Waals surface area contributed by atoms with E-state index in [9.17, 15) is 18.0 Å². The van der Waals surface area contributed by atoms with E-state index in [0.29, 0.717) is 18.8 Å². The summed E-state index contributed by atoms with van der Waals surface area (Å²) in [6, 6.07) is 4.47. The zero-order valence-corrected chi connectivity index (χ0v) is 15.5. The van der Waals surface area contributed by atoms with Crippen LogP contribution in [-0.4, -0.2) is 71.7 Å². The molecule has 1 heterocycles. The van der Waals surface area contributed by atoms with E-state index < -0.39 is 21.9 Å². The molecule has 0 unspecified atom stereocenters. The van der Waals surface area contributed by atoms with E-state index in [4.69, 9.17) is 14.2 Å². The number of carbonyl (C=O) groups is 2. The topological polar surface area (TPSA) is 111 Å². The fourth-order valence-corrected chi connectivity index (χ4v) is 4.01. The smallest absolute Gasteiger partial charge is 0.310 e. The predicted molar refractivity (Wildman–Crippen MR) is 91.3 cm³/mol. The van der Waals surface area contributed by atoms with Crippen LogP contribution in [0, 0.1) is 0 Å². The number of hydrogen-bond acceptors (Lipinski definition) is 7. The Bertz CT molecular complexity index is 758. The molecule has 0 bridgehead atoms. The van der Waals surface area contributed by atoms with E-state index in [1.807, 2.05) is 0 Å². The second-order valence-corrected chi connectivity index (χ2v) is 7.42. The van der Waals surface area contributed by atoms with Gasteiger partial charge in [-0.3, -0.25) is 9.59 Å². The number of hydrogen-bond donors (Lipinski definition) is 1. The van der Waals surface area contributed by atoms with Crippen molar-refractivity contribution >= 4 is 21.9 Å². The molecule has 0 spiro atoms. The molecule has 0 aliphatic carbocycles. The summed E-state index contributed by atoms with van der Waals surface area (Å²) in [6.07, 6.45) is -0.160. The molecule has 2 rings (SSSR count). The first-order valence-corrected chi connectivity index (χ1v) is 9.43. The van der Waals surface area contributed by atoms with Gasteiger partial charge in [0.1, 0.15) is 10.6 Å². The van der Waals surface area contributed by atoms with Crippen molar-refractivity contribution in [3.8, 4) is 5.75 Å². The number of amides is 1. The molecular formula is C16H22N2O7S. The lowest BCUT2D eigenvalue weighted by molar-refractivity contribution is -0.147. The Morgan fingerprint density at radius 1 is 1.27 bits per heavy atom. The maximum Gasteiger partial charge on any atom is 0.310 e. The number of carbonyl (C=O) groups excluding carboxylic acids is 2. The number of sulfonamides is 1. The number of ether oxygens (including phenoxy) is 3. The first-order valence-electron chi connectivity index (χ1n) is 7.99. The van der Waals surface area contributed by atoms with Crippen LogP contribution < -0.4 is 10.1 Å². The molecule has 10 heteroatoms. The summed E-state index contributed by atoms with van der Waals surface area (Å²) in [5.41, 5.74) is 0.444. The summed E-state index contributed by atoms with van der Waals surface area (Å²) in [4.78, 5) is 22.9. The van der Waals surface area contributed by atoms with E-state index in [2.05, 4.69) is 5.32 Å². The van der Waals surface area contributed by atoms with Crippen molar-refractivity contribution in [3.63, 3.8) is 0 Å². The van der Waals surface area contributed by atoms with Crippen LogP contribution in [0.2, 0.25) is 0 Å². The molecular weight excluding hydrogens is 364 g/mol. The maximum absolute atomic E-state index is 12.9. The van der Waals surface area contributed by atoms with Crippen molar-refractivity contribution in [1.29, 1.82) is 0 Å². The van der Waals surface area contributed by atoms with Gasteiger partial charge in [0.15, 0.2) is 6.61 Å². The lowest BCUT2D eigenvalue weighted by Crippen LogP contribution is -2.40. The second-order valence-electron chi connectivity index (χ2n) is 5.51. The molecule has 0 radical (unpaired) electrons. The summed E-state index contributed by atoms with van der Waals surface area (Å²) in [5, 5.41) is 2.34. The minimum Gasteiger partial charge on any atom is -0.495 e.